The lowest BCUT2D eigenvalue weighted by molar-refractivity contribution is 0.0702. The third kappa shape index (κ3) is 2.68. The summed E-state index contributed by atoms with van der Waals surface area (Å²) in [5.74, 6) is -1.13. The standard InChI is InChI=1S/C13H13NO4S2/c1-9-4-3-5-10(8-9)14(2)20(17,18)12-7-6-11(19-12)13(15)16/h3-8H,1-2H3,(H,15,16). The number of sulfonamides is 1. The number of hydrogen-bond donors (Lipinski definition) is 1. The summed E-state index contributed by atoms with van der Waals surface area (Å²) >= 11 is 0.746. The van der Waals surface area contributed by atoms with Gasteiger partial charge in [-0.05, 0) is 36.8 Å². The molecule has 2 rings (SSSR count). The Bertz CT molecular complexity index is 749. The molecule has 0 bridgehead atoms. The van der Waals surface area contributed by atoms with Gasteiger partial charge in [-0.3, -0.25) is 4.31 Å². The van der Waals surface area contributed by atoms with E-state index in [0.29, 0.717) is 5.69 Å². The summed E-state index contributed by atoms with van der Waals surface area (Å²) in [7, 11) is -2.28. The number of thiophene rings is 1. The van der Waals surface area contributed by atoms with Gasteiger partial charge in [0.15, 0.2) is 0 Å². The van der Waals surface area contributed by atoms with E-state index in [0.717, 1.165) is 21.2 Å². The monoisotopic (exact) mass is 311 g/mol. The summed E-state index contributed by atoms with van der Waals surface area (Å²) in [5, 5.41) is 8.86. The second-order valence-corrected chi connectivity index (χ2v) is 7.52. The first-order chi connectivity index (χ1) is 9.32. The minimum absolute atomic E-state index is 0.00113. The first-order valence-electron chi connectivity index (χ1n) is 5.71. The van der Waals surface area contributed by atoms with Crippen molar-refractivity contribution in [1.29, 1.82) is 0 Å². The van der Waals surface area contributed by atoms with Gasteiger partial charge in [-0.1, -0.05) is 12.1 Å². The average Bonchev–Trinajstić information content (AvgIpc) is 2.88. The van der Waals surface area contributed by atoms with Crippen LogP contribution < -0.4 is 4.31 Å². The van der Waals surface area contributed by atoms with Gasteiger partial charge in [-0.25, -0.2) is 13.2 Å². The molecular weight excluding hydrogens is 298 g/mol. The zero-order valence-corrected chi connectivity index (χ0v) is 12.5. The molecule has 5 nitrogen and oxygen atoms in total. The van der Waals surface area contributed by atoms with E-state index < -0.39 is 16.0 Å². The fraction of sp³-hybridized carbons (Fsp3) is 0.154. The lowest BCUT2D eigenvalue weighted by Crippen LogP contribution is -2.25. The van der Waals surface area contributed by atoms with E-state index in [4.69, 9.17) is 5.11 Å². The van der Waals surface area contributed by atoms with Gasteiger partial charge in [0, 0.05) is 7.05 Å². The molecular formula is C13H13NO4S2. The number of aromatic carboxylic acids is 1. The van der Waals surface area contributed by atoms with Crippen molar-refractivity contribution >= 4 is 33.0 Å². The van der Waals surface area contributed by atoms with Crippen LogP contribution in [0.25, 0.3) is 0 Å². The second-order valence-electron chi connectivity index (χ2n) is 4.24. The maximum atomic E-state index is 12.4. The van der Waals surface area contributed by atoms with Crippen molar-refractivity contribution in [3.63, 3.8) is 0 Å². The Kier molecular flexibility index (Phi) is 3.82. The Balaban J connectivity index is 2.41. The van der Waals surface area contributed by atoms with E-state index in [1.54, 1.807) is 18.2 Å². The van der Waals surface area contributed by atoms with Gasteiger partial charge in [0.1, 0.15) is 9.09 Å². The third-order valence-corrected chi connectivity index (χ3v) is 6.10. The quantitative estimate of drug-likeness (QED) is 0.941. The molecule has 0 aliphatic heterocycles. The van der Waals surface area contributed by atoms with Crippen LogP contribution in [0.1, 0.15) is 15.2 Å². The van der Waals surface area contributed by atoms with Gasteiger partial charge in [0.05, 0.1) is 5.69 Å². The van der Waals surface area contributed by atoms with Crippen LogP contribution in [0, 0.1) is 6.92 Å². The van der Waals surface area contributed by atoms with Gasteiger partial charge in [0.25, 0.3) is 10.0 Å². The SMILES string of the molecule is Cc1cccc(N(C)S(=O)(=O)c2ccc(C(=O)O)s2)c1. The van der Waals surface area contributed by atoms with Crippen molar-refractivity contribution in [1.82, 2.24) is 0 Å². The Morgan fingerprint density at radius 3 is 2.50 bits per heavy atom. The molecule has 0 atom stereocenters. The lowest BCUT2D eigenvalue weighted by atomic mass is 10.2. The first-order valence-corrected chi connectivity index (χ1v) is 7.97. The number of carbonyl (C=O) groups is 1. The van der Waals surface area contributed by atoms with E-state index in [1.807, 2.05) is 13.0 Å². The Hall–Kier alpha value is -1.86. The molecule has 0 amide bonds. The van der Waals surface area contributed by atoms with Crippen LogP contribution in [0.2, 0.25) is 0 Å². The number of anilines is 1. The average molecular weight is 311 g/mol. The number of nitrogens with zero attached hydrogens (tertiary/aromatic N) is 1. The molecule has 106 valence electrons. The summed E-state index contributed by atoms with van der Waals surface area (Å²) < 4.78 is 26.0. The van der Waals surface area contributed by atoms with Crippen molar-refractivity contribution in [2.75, 3.05) is 11.4 Å². The Morgan fingerprint density at radius 1 is 1.25 bits per heavy atom. The van der Waals surface area contributed by atoms with Crippen LogP contribution in [0.3, 0.4) is 0 Å². The Morgan fingerprint density at radius 2 is 1.95 bits per heavy atom. The van der Waals surface area contributed by atoms with Crippen LogP contribution in [0.5, 0.6) is 0 Å². The van der Waals surface area contributed by atoms with Crippen LogP contribution in [-0.4, -0.2) is 26.5 Å². The highest BCUT2D eigenvalue weighted by molar-refractivity contribution is 7.94. The summed E-state index contributed by atoms with van der Waals surface area (Å²) in [4.78, 5) is 10.8. The normalized spacial score (nSPS) is 11.3. The number of carboxylic acids is 1. The van der Waals surface area contributed by atoms with Gasteiger partial charge < -0.3 is 5.11 Å². The smallest absolute Gasteiger partial charge is 0.345 e. The predicted octanol–water partition coefficient (Wildman–Crippen LogP) is 2.58. The number of hydrogen-bond acceptors (Lipinski definition) is 4. The summed E-state index contributed by atoms with van der Waals surface area (Å²) in [6, 6.07) is 9.70. The summed E-state index contributed by atoms with van der Waals surface area (Å²) in [6.07, 6.45) is 0. The highest BCUT2D eigenvalue weighted by atomic mass is 32.2. The molecule has 0 unspecified atom stereocenters. The molecule has 1 aromatic carbocycles. The van der Waals surface area contributed by atoms with E-state index >= 15 is 0 Å². The molecule has 0 radical (unpaired) electrons. The second kappa shape index (κ2) is 5.26. The molecule has 1 N–H and O–H groups in total. The van der Waals surface area contributed by atoms with Crippen molar-refractivity contribution in [2.24, 2.45) is 0 Å². The molecule has 0 aliphatic rings. The Labute approximate surface area is 121 Å². The molecule has 0 saturated carbocycles. The van der Waals surface area contributed by atoms with Gasteiger partial charge in [0.2, 0.25) is 0 Å². The zero-order valence-electron chi connectivity index (χ0n) is 10.9. The number of benzene rings is 1. The fourth-order valence-electron chi connectivity index (χ4n) is 1.67. The lowest BCUT2D eigenvalue weighted by Gasteiger charge is -2.18. The molecule has 2 aromatic rings. The largest absolute Gasteiger partial charge is 0.477 e. The molecule has 0 fully saturated rings. The summed E-state index contributed by atoms with van der Waals surface area (Å²) in [5.41, 5.74) is 1.48. The highest BCUT2D eigenvalue weighted by Crippen LogP contribution is 2.27. The molecule has 1 heterocycles. The minimum atomic E-state index is -3.73. The summed E-state index contributed by atoms with van der Waals surface area (Å²) in [6.45, 7) is 1.87. The zero-order chi connectivity index (χ0) is 14.9. The molecule has 0 spiro atoms. The van der Waals surface area contributed by atoms with E-state index in [-0.39, 0.29) is 9.09 Å². The molecule has 20 heavy (non-hydrogen) atoms. The van der Waals surface area contributed by atoms with Crippen LogP contribution in [0.4, 0.5) is 5.69 Å². The predicted molar refractivity (Wildman–Crippen MR) is 78.0 cm³/mol. The van der Waals surface area contributed by atoms with Gasteiger partial charge >= 0.3 is 5.97 Å². The van der Waals surface area contributed by atoms with Crippen molar-refractivity contribution in [3.05, 3.63) is 46.8 Å². The number of aryl methyl sites for hydroxylation is 1. The van der Waals surface area contributed by atoms with E-state index in [2.05, 4.69) is 0 Å². The van der Waals surface area contributed by atoms with E-state index in [1.165, 1.54) is 19.2 Å². The maximum absolute atomic E-state index is 12.4. The highest BCUT2D eigenvalue weighted by Gasteiger charge is 2.24. The minimum Gasteiger partial charge on any atom is -0.477 e. The van der Waals surface area contributed by atoms with E-state index in [9.17, 15) is 13.2 Å². The van der Waals surface area contributed by atoms with Gasteiger partial charge in [-0.15, -0.1) is 11.3 Å². The number of carboxylic acid groups (broad SMARTS) is 1. The molecule has 1 aromatic heterocycles. The number of rotatable bonds is 4. The van der Waals surface area contributed by atoms with Crippen molar-refractivity contribution in [3.8, 4) is 0 Å². The molecule has 7 heteroatoms. The van der Waals surface area contributed by atoms with Gasteiger partial charge in [-0.2, -0.15) is 0 Å². The fourth-order valence-corrected chi connectivity index (χ4v) is 4.17. The molecule has 0 aliphatic carbocycles. The van der Waals surface area contributed by atoms with Crippen molar-refractivity contribution in [2.45, 2.75) is 11.1 Å². The van der Waals surface area contributed by atoms with Crippen LogP contribution in [0.15, 0.2) is 40.6 Å². The van der Waals surface area contributed by atoms with Crippen molar-refractivity contribution < 1.29 is 18.3 Å². The van der Waals surface area contributed by atoms with Crippen LogP contribution in [-0.2, 0) is 10.0 Å². The maximum Gasteiger partial charge on any atom is 0.345 e. The first kappa shape index (κ1) is 14.5. The third-order valence-electron chi connectivity index (χ3n) is 2.77. The van der Waals surface area contributed by atoms with Crippen LogP contribution >= 0.6 is 11.3 Å². The topological polar surface area (TPSA) is 74.7 Å². The molecule has 0 saturated heterocycles.